The fourth-order valence-corrected chi connectivity index (χ4v) is 2.00. The molecule has 0 radical (unpaired) electrons. The lowest BCUT2D eigenvalue weighted by molar-refractivity contribution is 0.0955. The van der Waals surface area contributed by atoms with Crippen LogP contribution in [0, 0.1) is 13.8 Å². The number of thiazole rings is 1. The molecule has 1 rings (SSSR count). The van der Waals surface area contributed by atoms with Crippen LogP contribution in [0.5, 0.6) is 0 Å². The van der Waals surface area contributed by atoms with E-state index in [0.717, 1.165) is 10.7 Å². The van der Waals surface area contributed by atoms with E-state index in [-0.39, 0.29) is 12.1 Å². The molecule has 0 aliphatic rings. The van der Waals surface area contributed by atoms with Crippen molar-refractivity contribution in [3.63, 3.8) is 0 Å². The number of aromatic nitrogens is 1. The molecular weight excluding hydrogens is 184 g/mol. The van der Waals surface area contributed by atoms with Gasteiger partial charge < -0.3 is 10.5 Å². The third-order valence-corrected chi connectivity index (χ3v) is 3.38. The van der Waals surface area contributed by atoms with E-state index >= 15 is 0 Å². The highest BCUT2D eigenvalue weighted by atomic mass is 32.1. The Labute approximate surface area is 82.9 Å². The summed E-state index contributed by atoms with van der Waals surface area (Å²) in [4.78, 5) is 5.62. The first-order valence-electron chi connectivity index (χ1n) is 4.28. The van der Waals surface area contributed by atoms with Gasteiger partial charge in [0, 0.05) is 12.0 Å². The normalized spacial score (nSPS) is 15.8. The number of rotatable bonds is 3. The lowest BCUT2D eigenvalue weighted by Gasteiger charge is -2.15. The molecule has 2 N–H and O–H groups in total. The molecule has 2 unspecified atom stereocenters. The Balaban J connectivity index is 2.82. The predicted octanol–water partition coefficient (Wildman–Crippen LogP) is 1.79. The van der Waals surface area contributed by atoms with Gasteiger partial charge in [0.05, 0.1) is 17.8 Å². The molecule has 3 nitrogen and oxygen atoms in total. The van der Waals surface area contributed by atoms with Crippen LogP contribution < -0.4 is 5.73 Å². The first-order chi connectivity index (χ1) is 6.06. The summed E-state index contributed by atoms with van der Waals surface area (Å²) in [5, 5.41) is 0.962. The van der Waals surface area contributed by atoms with Crippen LogP contribution in [0.4, 0.5) is 0 Å². The zero-order valence-electron chi connectivity index (χ0n) is 8.50. The van der Waals surface area contributed by atoms with Gasteiger partial charge in [0.25, 0.3) is 0 Å². The Hall–Kier alpha value is -0.450. The van der Waals surface area contributed by atoms with Gasteiger partial charge in [-0.2, -0.15) is 0 Å². The zero-order chi connectivity index (χ0) is 10.0. The summed E-state index contributed by atoms with van der Waals surface area (Å²) in [6.45, 7) is 6.01. The van der Waals surface area contributed by atoms with Crippen molar-refractivity contribution in [2.24, 2.45) is 5.73 Å². The zero-order valence-corrected chi connectivity index (χ0v) is 9.31. The molecule has 0 aliphatic carbocycles. The van der Waals surface area contributed by atoms with Crippen LogP contribution in [0.15, 0.2) is 0 Å². The van der Waals surface area contributed by atoms with E-state index in [1.54, 1.807) is 18.4 Å². The number of hydrogen-bond acceptors (Lipinski definition) is 4. The van der Waals surface area contributed by atoms with Gasteiger partial charge in [-0.1, -0.05) is 0 Å². The van der Waals surface area contributed by atoms with Gasteiger partial charge in [-0.05, 0) is 20.8 Å². The molecular formula is C9H16N2OS. The van der Waals surface area contributed by atoms with Crippen LogP contribution in [0.3, 0.4) is 0 Å². The molecule has 0 saturated heterocycles. The van der Waals surface area contributed by atoms with Crippen molar-refractivity contribution < 1.29 is 4.74 Å². The van der Waals surface area contributed by atoms with Gasteiger partial charge in [-0.3, -0.25) is 0 Å². The molecule has 0 spiro atoms. The molecule has 2 atom stereocenters. The molecule has 1 aromatic heterocycles. The van der Waals surface area contributed by atoms with Crippen molar-refractivity contribution in [3.05, 3.63) is 15.6 Å². The third-order valence-electron chi connectivity index (χ3n) is 2.21. The lowest BCUT2D eigenvalue weighted by atomic mass is 10.2. The number of nitrogens with two attached hydrogens (primary N) is 1. The topological polar surface area (TPSA) is 48.1 Å². The third kappa shape index (κ3) is 2.27. The summed E-state index contributed by atoms with van der Waals surface area (Å²) in [6.07, 6.45) is 0.0185. The monoisotopic (exact) mass is 200 g/mol. The van der Waals surface area contributed by atoms with Crippen molar-refractivity contribution in [1.82, 2.24) is 4.98 Å². The fourth-order valence-electron chi connectivity index (χ4n) is 0.988. The van der Waals surface area contributed by atoms with Crippen molar-refractivity contribution in [2.75, 3.05) is 7.11 Å². The molecule has 0 aliphatic heterocycles. The molecule has 0 saturated carbocycles. The first kappa shape index (κ1) is 10.6. The average molecular weight is 200 g/mol. The SMILES string of the molecule is COC(C)C(N)c1nc(C)c(C)s1. The highest BCUT2D eigenvalue weighted by Gasteiger charge is 2.18. The molecule has 1 aromatic rings. The van der Waals surface area contributed by atoms with Crippen LogP contribution >= 0.6 is 11.3 Å². The van der Waals surface area contributed by atoms with Crippen molar-refractivity contribution >= 4 is 11.3 Å². The van der Waals surface area contributed by atoms with Gasteiger partial charge in [0.1, 0.15) is 5.01 Å². The Kier molecular flexibility index (Phi) is 3.41. The van der Waals surface area contributed by atoms with E-state index in [9.17, 15) is 0 Å². The van der Waals surface area contributed by atoms with Gasteiger partial charge in [0.2, 0.25) is 0 Å². The quantitative estimate of drug-likeness (QED) is 0.809. The molecule has 0 fully saturated rings. The standard InChI is InChI=1S/C9H16N2OS/c1-5-7(3)13-9(11-5)8(10)6(2)12-4/h6,8H,10H2,1-4H3. The average Bonchev–Trinajstić information content (AvgIpc) is 2.44. The van der Waals surface area contributed by atoms with E-state index in [0.29, 0.717) is 0 Å². The highest BCUT2D eigenvalue weighted by molar-refractivity contribution is 7.11. The molecule has 74 valence electrons. The van der Waals surface area contributed by atoms with Crippen molar-refractivity contribution in [2.45, 2.75) is 32.9 Å². The number of ether oxygens (including phenoxy) is 1. The van der Waals surface area contributed by atoms with E-state index in [2.05, 4.69) is 11.9 Å². The minimum Gasteiger partial charge on any atom is -0.380 e. The van der Waals surface area contributed by atoms with Crippen LogP contribution in [0.2, 0.25) is 0 Å². The van der Waals surface area contributed by atoms with Crippen LogP contribution in [-0.4, -0.2) is 18.2 Å². The number of nitrogens with zero attached hydrogens (tertiary/aromatic N) is 1. The molecule has 13 heavy (non-hydrogen) atoms. The Bertz CT molecular complexity index is 266. The number of aryl methyl sites for hydroxylation is 2. The second-order valence-corrected chi connectivity index (χ2v) is 4.40. The smallest absolute Gasteiger partial charge is 0.113 e. The number of methoxy groups -OCH3 is 1. The van der Waals surface area contributed by atoms with Gasteiger partial charge >= 0.3 is 0 Å². The Morgan fingerprint density at radius 1 is 1.46 bits per heavy atom. The number of hydrogen-bond donors (Lipinski definition) is 1. The van der Waals surface area contributed by atoms with E-state index < -0.39 is 0 Å². The minimum absolute atomic E-state index is 0.0185. The van der Waals surface area contributed by atoms with Crippen LogP contribution in [0.1, 0.15) is 28.5 Å². The van der Waals surface area contributed by atoms with Gasteiger partial charge in [-0.15, -0.1) is 11.3 Å². The molecule has 0 bridgehead atoms. The molecule has 0 aromatic carbocycles. The summed E-state index contributed by atoms with van der Waals surface area (Å²) in [5.74, 6) is 0. The summed E-state index contributed by atoms with van der Waals surface area (Å²) in [6, 6.07) is -0.109. The fraction of sp³-hybridized carbons (Fsp3) is 0.667. The summed E-state index contributed by atoms with van der Waals surface area (Å²) >= 11 is 1.65. The predicted molar refractivity (Wildman–Crippen MR) is 55.0 cm³/mol. The van der Waals surface area contributed by atoms with Gasteiger partial charge in [0.15, 0.2) is 0 Å². The maximum Gasteiger partial charge on any atom is 0.113 e. The molecule has 0 amide bonds. The molecule has 4 heteroatoms. The summed E-state index contributed by atoms with van der Waals surface area (Å²) in [7, 11) is 1.66. The first-order valence-corrected chi connectivity index (χ1v) is 5.10. The van der Waals surface area contributed by atoms with Crippen LogP contribution in [0.25, 0.3) is 0 Å². The van der Waals surface area contributed by atoms with E-state index in [1.807, 2.05) is 13.8 Å². The van der Waals surface area contributed by atoms with Crippen molar-refractivity contribution in [1.29, 1.82) is 0 Å². The van der Waals surface area contributed by atoms with E-state index in [4.69, 9.17) is 10.5 Å². The molecule has 1 heterocycles. The maximum atomic E-state index is 5.95. The van der Waals surface area contributed by atoms with Crippen molar-refractivity contribution in [3.8, 4) is 0 Å². The van der Waals surface area contributed by atoms with Gasteiger partial charge in [-0.25, -0.2) is 4.98 Å². The van der Waals surface area contributed by atoms with E-state index in [1.165, 1.54) is 4.88 Å². The summed E-state index contributed by atoms with van der Waals surface area (Å²) in [5.41, 5.74) is 7.02. The minimum atomic E-state index is -0.109. The van der Waals surface area contributed by atoms with Crippen LogP contribution in [-0.2, 0) is 4.74 Å². The summed E-state index contributed by atoms with van der Waals surface area (Å²) < 4.78 is 5.16. The Morgan fingerprint density at radius 2 is 2.08 bits per heavy atom. The lowest BCUT2D eigenvalue weighted by Crippen LogP contribution is -2.24. The largest absolute Gasteiger partial charge is 0.380 e. The second-order valence-electron chi connectivity index (χ2n) is 3.16. The maximum absolute atomic E-state index is 5.95. The second kappa shape index (κ2) is 4.17. The highest BCUT2D eigenvalue weighted by Crippen LogP contribution is 2.23. The Morgan fingerprint density at radius 3 is 2.46 bits per heavy atom.